The summed E-state index contributed by atoms with van der Waals surface area (Å²) in [6.07, 6.45) is 1.16. The molecule has 2 aromatic rings. The topological polar surface area (TPSA) is 12.9 Å². The SMILES string of the molecule is CCC(C)c1csc(-c2ccsc2)n1. The smallest absolute Gasteiger partial charge is 0.124 e. The van der Waals surface area contributed by atoms with Gasteiger partial charge in [0.2, 0.25) is 0 Å². The lowest BCUT2D eigenvalue weighted by atomic mass is 10.1. The van der Waals surface area contributed by atoms with E-state index >= 15 is 0 Å². The van der Waals surface area contributed by atoms with Gasteiger partial charge in [0.1, 0.15) is 5.01 Å². The molecule has 0 radical (unpaired) electrons. The third kappa shape index (κ3) is 1.88. The van der Waals surface area contributed by atoms with Crippen LogP contribution in [0.4, 0.5) is 0 Å². The Balaban J connectivity index is 2.26. The van der Waals surface area contributed by atoms with Crippen LogP contribution in [-0.2, 0) is 0 Å². The van der Waals surface area contributed by atoms with E-state index in [4.69, 9.17) is 0 Å². The second-order valence-corrected chi connectivity index (χ2v) is 5.04. The van der Waals surface area contributed by atoms with E-state index in [9.17, 15) is 0 Å². The highest BCUT2D eigenvalue weighted by atomic mass is 32.1. The van der Waals surface area contributed by atoms with Crippen molar-refractivity contribution in [3.63, 3.8) is 0 Å². The molecule has 0 fully saturated rings. The van der Waals surface area contributed by atoms with Crippen molar-refractivity contribution in [2.24, 2.45) is 0 Å². The molecular weight excluding hydrogens is 210 g/mol. The summed E-state index contributed by atoms with van der Waals surface area (Å²) in [7, 11) is 0. The van der Waals surface area contributed by atoms with Crippen molar-refractivity contribution in [2.75, 3.05) is 0 Å². The van der Waals surface area contributed by atoms with Crippen molar-refractivity contribution in [1.29, 1.82) is 0 Å². The largest absolute Gasteiger partial charge is 0.241 e. The maximum absolute atomic E-state index is 4.65. The third-order valence-electron chi connectivity index (χ3n) is 2.41. The van der Waals surface area contributed by atoms with Crippen LogP contribution in [0.15, 0.2) is 22.2 Å². The number of hydrogen-bond acceptors (Lipinski definition) is 3. The average molecular weight is 223 g/mol. The zero-order valence-electron chi connectivity index (χ0n) is 8.36. The lowest BCUT2D eigenvalue weighted by Gasteiger charge is -2.01. The Kier molecular flexibility index (Phi) is 2.99. The maximum Gasteiger partial charge on any atom is 0.124 e. The normalized spacial score (nSPS) is 13.0. The number of hydrogen-bond donors (Lipinski definition) is 0. The van der Waals surface area contributed by atoms with Crippen LogP contribution < -0.4 is 0 Å². The highest BCUT2D eigenvalue weighted by molar-refractivity contribution is 7.14. The van der Waals surface area contributed by atoms with Gasteiger partial charge in [-0.15, -0.1) is 11.3 Å². The molecule has 1 nitrogen and oxygen atoms in total. The molecule has 2 aromatic heterocycles. The van der Waals surface area contributed by atoms with Gasteiger partial charge < -0.3 is 0 Å². The van der Waals surface area contributed by atoms with Gasteiger partial charge in [-0.05, 0) is 23.8 Å². The molecular formula is C11H13NS2. The minimum atomic E-state index is 0.582. The molecule has 0 aromatic carbocycles. The molecule has 14 heavy (non-hydrogen) atoms. The maximum atomic E-state index is 4.65. The molecule has 1 unspecified atom stereocenters. The Bertz CT molecular complexity index is 389. The van der Waals surface area contributed by atoms with E-state index in [0.29, 0.717) is 5.92 Å². The zero-order chi connectivity index (χ0) is 9.97. The summed E-state index contributed by atoms with van der Waals surface area (Å²) in [4.78, 5) is 4.65. The van der Waals surface area contributed by atoms with Crippen molar-refractivity contribution in [1.82, 2.24) is 4.98 Å². The predicted molar refractivity (Wildman–Crippen MR) is 64.1 cm³/mol. The molecule has 0 aliphatic carbocycles. The van der Waals surface area contributed by atoms with Crippen LogP contribution in [0.2, 0.25) is 0 Å². The molecule has 0 spiro atoms. The Morgan fingerprint density at radius 3 is 2.93 bits per heavy atom. The number of thiophene rings is 1. The van der Waals surface area contributed by atoms with Crippen LogP contribution in [-0.4, -0.2) is 4.98 Å². The molecule has 2 heterocycles. The van der Waals surface area contributed by atoms with Crippen LogP contribution in [0.25, 0.3) is 10.6 Å². The lowest BCUT2D eigenvalue weighted by Crippen LogP contribution is -1.90. The Morgan fingerprint density at radius 2 is 2.29 bits per heavy atom. The summed E-state index contributed by atoms with van der Waals surface area (Å²) in [6, 6.07) is 2.13. The number of aromatic nitrogens is 1. The van der Waals surface area contributed by atoms with Gasteiger partial charge in [0.15, 0.2) is 0 Å². The Morgan fingerprint density at radius 1 is 1.43 bits per heavy atom. The zero-order valence-corrected chi connectivity index (χ0v) is 9.99. The first-order valence-electron chi connectivity index (χ1n) is 4.79. The van der Waals surface area contributed by atoms with Gasteiger partial charge in [-0.1, -0.05) is 13.8 Å². The standard InChI is InChI=1S/C11H13NS2/c1-3-8(2)10-7-14-11(12-10)9-4-5-13-6-9/h4-8H,3H2,1-2H3. The van der Waals surface area contributed by atoms with Gasteiger partial charge in [0.25, 0.3) is 0 Å². The molecule has 1 atom stereocenters. The molecule has 0 aliphatic heterocycles. The van der Waals surface area contributed by atoms with Crippen LogP contribution in [0.5, 0.6) is 0 Å². The van der Waals surface area contributed by atoms with Gasteiger partial charge in [-0.3, -0.25) is 0 Å². The van der Waals surface area contributed by atoms with Crippen molar-refractivity contribution >= 4 is 22.7 Å². The third-order valence-corrected chi connectivity index (χ3v) is 4.00. The van der Waals surface area contributed by atoms with Crippen LogP contribution in [0.1, 0.15) is 31.9 Å². The van der Waals surface area contributed by atoms with Gasteiger partial charge >= 0.3 is 0 Å². The van der Waals surface area contributed by atoms with Crippen LogP contribution >= 0.6 is 22.7 Å². The minimum Gasteiger partial charge on any atom is -0.241 e. The van der Waals surface area contributed by atoms with E-state index in [1.165, 1.54) is 11.3 Å². The van der Waals surface area contributed by atoms with Gasteiger partial charge in [0, 0.05) is 16.3 Å². The summed E-state index contributed by atoms with van der Waals surface area (Å²) < 4.78 is 0. The monoisotopic (exact) mass is 223 g/mol. The van der Waals surface area contributed by atoms with Crippen LogP contribution in [0, 0.1) is 0 Å². The molecule has 0 amide bonds. The molecule has 0 saturated carbocycles. The minimum absolute atomic E-state index is 0.582. The molecule has 0 bridgehead atoms. The molecule has 3 heteroatoms. The van der Waals surface area contributed by atoms with E-state index in [1.54, 1.807) is 22.7 Å². The average Bonchev–Trinajstić information content (AvgIpc) is 2.86. The van der Waals surface area contributed by atoms with Crippen molar-refractivity contribution < 1.29 is 0 Å². The van der Waals surface area contributed by atoms with Gasteiger partial charge in [-0.25, -0.2) is 4.98 Å². The quantitative estimate of drug-likeness (QED) is 0.752. The molecule has 0 N–H and O–H groups in total. The second kappa shape index (κ2) is 4.24. The summed E-state index contributed by atoms with van der Waals surface area (Å²) >= 11 is 3.47. The first-order chi connectivity index (χ1) is 6.81. The molecule has 0 saturated heterocycles. The van der Waals surface area contributed by atoms with Crippen LogP contribution in [0.3, 0.4) is 0 Å². The van der Waals surface area contributed by atoms with E-state index in [1.807, 2.05) is 0 Å². The lowest BCUT2D eigenvalue weighted by molar-refractivity contribution is 0.714. The first kappa shape index (κ1) is 9.87. The highest BCUT2D eigenvalue weighted by Crippen LogP contribution is 2.29. The number of rotatable bonds is 3. The summed E-state index contributed by atoms with van der Waals surface area (Å²) in [6.45, 7) is 4.43. The summed E-state index contributed by atoms with van der Waals surface area (Å²) in [5.41, 5.74) is 2.49. The highest BCUT2D eigenvalue weighted by Gasteiger charge is 2.09. The molecule has 0 aliphatic rings. The Labute approximate surface area is 92.4 Å². The van der Waals surface area contributed by atoms with E-state index < -0.39 is 0 Å². The van der Waals surface area contributed by atoms with Crippen molar-refractivity contribution in [3.05, 3.63) is 27.9 Å². The van der Waals surface area contributed by atoms with Crippen molar-refractivity contribution in [2.45, 2.75) is 26.2 Å². The molecule has 2 rings (SSSR count). The number of thiazole rings is 1. The van der Waals surface area contributed by atoms with Gasteiger partial charge in [0.05, 0.1) is 5.69 Å². The second-order valence-electron chi connectivity index (χ2n) is 3.40. The first-order valence-corrected chi connectivity index (χ1v) is 6.61. The van der Waals surface area contributed by atoms with E-state index in [-0.39, 0.29) is 0 Å². The number of nitrogens with zero attached hydrogens (tertiary/aromatic N) is 1. The fourth-order valence-corrected chi connectivity index (χ4v) is 2.89. The van der Waals surface area contributed by atoms with E-state index in [0.717, 1.165) is 11.4 Å². The fourth-order valence-electron chi connectivity index (χ4n) is 1.24. The predicted octanol–water partition coefficient (Wildman–Crippen LogP) is 4.39. The van der Waals surface area contributed by atoms with E-state index in [2.05, 4.69) is 41.0 Å². The molecule has 74 valence electrons. The van der Waals surface area contributed by atoms with Gasteiger partial charge in [-0.2, -0.15) is 11.3 Å². The summed E-state index contributed by atoms with van der Waals surface area (Å²) in [5.74, 6) is 0.582. The van der Waals surface area contributed by atoms with Crippen molar-refractivity contribution in [3.8, 4) is 10.6 Å². The fraction of sp³-hybridized carbons (Fsp3) is 0.364. The Hall–Kier alpha value is -0.670. The summed E-state index contributed by atoms with van der Waals surface area (Å²) in [5, 5.41) is 7.58.